The van der Waals surface area contributed by atoms with Crippen LogP contribution < -0.4 is 5.32 Å². The van der Waals surface area contributed by atoms with Crippen molar-refractivity contribution < 1.29 is 14.0 Å². The number of nitrogens with one attached hydrogen (secondary N) is 1. The third kappa shape index (κ3) is 5.39. The van der Waals surface area contributed by atoms with Crippen LogP contribution in [-0.4, -0.2) is 48.3 Å². The third-order valence-electron chi connectivity index (χ3n) is 5.07. The molecule has 1 heterocycles. The molecule has 1 aliphatic rings. The van der Waals surface area contributed by atoms with Crippen molar-refractivity contribution in [3.05, 3.63) is 66.0 Å². The molecule has 5 nitrogen and oxygen atoms in total. The topological polar surface area (TPSA) is 52.7 Å². The van der Waals surface area contributed by atoms with Crippen LogP contribution in [0.4, 0.5) is 10.1 Å². The highest BCUT2D eigenvalue weighted by molar-refractivity contribution is 5.92. The van der Waals surface area contributed by atoms with E-state index >= 15 is 0 Å². The standard InChI is InChI=1S/C22H26FN3O2/c1-25(14-17-8-5-6-12-20(17)23)21(27)16-26-13-7-9-18(15-26)22(28)24-19-10-3-2-4-11-19/h2-6,8,10-12,18H,7,9,13-16H2,1H3,(H,24,28). The number of hydrogen-bond donors (Lipinski definition) is 1. The van der Waals surface area contributed by atoms with Gasteiger partial charge in [-0.15, -0.1) is 0 Å². The first-order valence-corrected chi connectivity index (χ1v) is 9.58. The number of nitrogens with zero attached hydrogens (tertiary/aromatic N) is 2. The summed E-state index contributed by atoms with van der Waals surface area (Å²) in [6.45, 7) is 1.81. The predicted octanol–water partition coefficient (Wildman–Crippen LogP) is 3.13. The second-order valence-corrected chi connectivity index (χ2v) is 7.27. The van der Waals surface area contributed by atoms with E-state index in [0.29, 0.717) is 12.1 Å². The Morgan fingerprint density at radius 2 is 1.86 bits per heavy atom. The lowest BCUT2D eigenvalue weighted by Gasteiger charge is -2.32. The SMILES string of the molecule is CN(Cc1ccccc1F)C(=O)CN1CCCC(C(=O)Nc2ccccc2)C1. The lowest BCUT2D eigenvalue weighted by Crippen LogP contribution is -2.45. The number of hydrogen-bond acceptors (Lipinski definition) is 3. The van der Waals surface area contributed by atoms with Gasteiger partial charge in [0.05, 0.1) is 12.5 Å². The van der Waals surface area contributed by atoms with Gasteiger partial charge in [0.1, 0.15) is 5.82 Å². The molecule has 0 bridgehead atoms. The monoisotopic (exact) mass is 383 g/mol. The summed E-state index contributed by atoms with van der Waals surface area (Å²) in [6.07, 6.45) is 1.69. The van der Waals surface area contributed by atoms with Crippen LogP contribution in [0.5, 0.6) is 0 Å². The fourth-order valence-electron chi connectivity index (χ4n) is 3.46. The summed E-state index contributed by atoms with van der Waals surface area (Å²) >= 11 is 0. The molecule has 2 amide bonds. The number of rotatable bonds is 6. The van der Waals surface area contributed by atoms with Gasteiger partial charge >= 0.3 is 0 Å². The van der Waals surface area contributed by atoms with Gasteiger partial charge in [-0.05, 0) is 37.6 Å². The first kappa shape index (κ1) is 20.0. The van der Waals surface area contributed by atoms with Gasteiger partial charge in [0.2, 0.25) is 11.8 Å². The molecule has 2 aromatic rings. The summed E-state index contributed by atoms with van der Waals surface area (Å²) in [4.78, 5) is 28.6. The zero-order valence-corrected chi connectivity index (χ0v) is 16.1. The van der Waals surface area contributed by atoms with Crippen molar-refractivity contribution in [1.82, 2.24) is 9.80 Å². The highest BCUT2D eigenvalue weighted by Gasteiger charge is 2.27. The highest BCUT2D eigenvalue weighted by Crippen LogP contribution is 2.19. The molecule has 148 valence electrons. The molecule has 0 saturated carbocycles. The Hall–Kier alpha value is -2.73. The number of likely N-dealkylation sites (tertiary alicyclic amines) is 1. The zero-order chi connectivity index (χ0) is 19.9. The van der Waals surface area contributed by atoms with Gasteiger partial charge in [0.15, 0.2) is 0 Å². The summed E-state index contributed by atoms with van der Waals surface area (Å²) in [6, 6.07) is 15.9. The fraction of sp³-hybridized carbons (Fsp3) is 0.364. The van der Waals surface area contributed by atoms with E-state index in [9.17, 15) is 14.0 Å². The summed E-state index contributed by atoms with van der Waals surface area (Å²) in [5.41, 5.74) is 1.28. The number of piperidine rings is 1. The van der Waals surface area contributed by atoms with Gasteiger partial charge < -0.3 is 10.2 Å². The minimum absolute atomic E-state index is 0.0111. The summed E-state index contributed by atoms with van der Waals surface area (Å²) in [5.74, 6) is -0.535. The lowest BCUT2D eigenvalue weighted by atomic mass is 9.97. The van der Waals surface area contributed by atoms with Crippen LogP contribution in [0.2, 0.25) is 0 Å². The van der Waals surface area contributed by atoms with Gasteiger partial charge in [-0.25, -0.2) is 4.39 Å². The molecule has 1 saturated heterocycles. The Morgan fingerprint density at radius 3 is 2.61 bits per heavy atom. The highest BCUT2D eigenvalue weighted by atomic mass is 19.1. The van der Waals surface area contributed by atoms with E-state index in [-0.39, 0.29) is 36.6 Å². The van der Waals surface area contributed by atoms with Crippen molar-refractivity contribution in [2.75, 3.05) is 32.0 Å². The molecule has 28 heavy (non-hydrogen) atoms. The molecule has 1 atom stereocenters. The summed E-state index contributed by atoms with van der Waals surface area (Å²) in [5, 5.41) is 2.94. The number of para-hydroxylation sites is 1. The molecular formula is C22H26FN3O2. The van der Waals surface area contributed by atoms with Crippen LogP contribution >= 0.6 is 0 Å². The fourth-order valence-corrected chi connectivity index (χ4v) is 3.46. The number of halogens is 1. The molecule has 6 heteroatoms. The molecule has 0 radical (unpaired) electrons. The molecule has 1 N–H and O–H groups in total. The van der Waals surface area contributed by atoms with E-state index in [4.69, 9.17) is 0 Å². The maximum absolute atomic E-state index is 13.8. The Labute approximate surface area is 165 Å². The third-order valence-corrected chi connectivity index (χ3v) is 5.07. The minimum Gasteiger partial charge on any atom is -0.340 e. The number of anilines is 1. The van der Waals surface area contributed by atoms with Gasteiger partial charge in [-0.2, -0.15) is 0 Å². The molecular weight excluding hydrogens is 357 g/mol. The van der Waals surface area contributed by atoms with Crippen molar-refractivity contribution in [3.63, 3.8) is 0 Å². The maximum Gasteiger partial charge on any atom is 0.236 e. The quantitative estimate of drug-likeness (QED) is 0.834. The van der Waals surface area contributed by atoms with E-state index < -0.39 is 0 Å². The molecule has 1 unspecified atom stereocenters. The summed E-state index contributed by atoms with van der Waals surface area (Å²) < 4.78 is 13.8. The van der Waals surface area contributed by atoms with Crippen molar-refractivity contribution >= 4 is 17.5 Å². The van der Waals surface area contributed by atoms with Crippen LogP contribution in [0.1, 0.15) is 18.4 Å². The average molecular weight is 383 g/mol. The number of likely N-dealkylation sites (N-methyl/N-ethyl adjacent to an activating group) is 1. The van der Waals surface area contributed by atoms with E-state index in [2.05, 4.69) is 5.32 Å². The van der Waals surface area contributed by atoms with Crippen LogP contribution in [-0.2, 0) is 16.1 Å². The van der Waals surface area contributed by atoms with Crippen LogP contribution in [0.25, 0.3) is 0 Å². The molecule has 0 aliphatic carbocycles. The lowest BCUT2D eigenvalue weighted by molar-refractivity contribution is -0.133. The first-order valence-electron chi connectivity index (χ1n) is 9.58. The number of carbonyl (C=O) groups excluding carboxylic acids is 2. The maximum atomic E-state index is 13.8. The smallest absolute Gasteiger partial charge is 0.236 e. The second kappa shape index (κ2) is 9.46. The van der Waals surface area contributed by atoms with Crippen molar-refractivity contribution in [1.29, 1.82) is 0 Å². The molecule has 2 aromatic carbocycles. The van der Waals surface area contributed by atoms with Gasteiger partial charge in [-0.3, -0.25) is 14.5 Å². The van der Waals surface area contributed by atoms with E-state index in [1.807, 2.05) is 35.2 Å². The van der Waals surface area contributed by atoms with E-state index in [0.717, 1.165) is 25.1 Å². The van der Waals surface area contributed by atoms with Crippen LogP contribution in [0.15, 0.2) is 54.6 Å². The van der Waals surface area contributed by atoms with Crippen molar-refractivity contribution in [2.24, 2.45) is 5.92 Å². The average Bonchev–Trinajstić information content (AvgIpc) is 2.70. The number of carbonyl (C=O) groups is 2. The molecule has 1 fully saturated rings. The van der Waals surface area contributed by atoms with Crippen molar-refractivity contribution in [3.8, 4) is 0 Å². The minimum atomic E-state index is -0.308. The van der Waals surface area contributed by atoms with Crippen molar-refractivity contribution in [2.45, 2.75) is 19.4 Å². The summed E-state index contributed by atoms with van der Waals surface area (Å²) in [7, 11) is 1.68. The molecule has 0 spiro atoms. The van der Waals surface area contributed by atoms with Gasteiger partial charge in [0, 0.05) is 31.4 Å². The van der Waals surface area contributed by atoms with Gasteiger partial charge in [0.25, 0.3) is 0 Å². The normalized spacial score (nSPS) is 17.1. The zero-order valence-electron chi connectivity index (χ0n) is 16.1. The van der Waals surface area contributed by atoms with Crippen LogP contribution in [0.3, 0.4) is 0 Å². The van der Waals surface area contributed by atoms with E-state index in [1.54, 1.807) is 25.2 Å². The Kier molecular flexibility index (Phi) is 6.76. The Bertz CT molecular complexity index is 812. The Morgan fingerprint density at radius 1 is 1.14 bits per heavy atom. The largest absolute Gasteiger partial charge is 0.340 e. The second-order valence-electron chi connectivity index (χ2n) is 7.27. The van der Waals surface area contributed by atoms with E-state index in [1.165, 1.54) is 11.0 Å². The van der Waals surface area contributed by atoms with Crippen LogP contribution in [0, 0.1) is 11.7 Å². The molecule has 0 aromatic heterocycles. The molecule has 3 rings (SSSR count). The predicted molar refractivity (Wildman–Crippen MR) is 107 cm³/mol. The Balaban J connectivity index is 1.51. The van der Waals surface area contributed by atoms with Gasteiger partial charge in [-0.1, -0.05) is 36.4 Å². The number of amides is 2. The first-order chi connectivity index (χ1) is 13.5. The number of benzene rings is 2. The molecule has 1 aliphatic heterocycles.